The van der Waals surface area contributed by atoms with Crippen molar-refractivity contribution in [2.45, 2.75) is 51.0 Å². The molecule has 3 heterocycles. The smallest absolute Gasteiger partial charge is 0.227 e. The molecule has 1 aromatic rings. The lowest BCUT2D eigenvalue weighted by atomic mass is 9.67. The van der Waals surface area contributed by atoms with Crippen molar-refractivity contribution in [3.8, 4) is 0 Å². The Morgan fingerprint density at radius 3 is 2.52 bits per heavy atom. The maximum atomic E-state index is 12.7. The highest BCUT2D eigenvalue weighted by molar-refractivity contribution is 6.00. The fraction of sp³-hybridized carbons (Fsp3) is 0.750. The number of aromatic nitrogens is 2. The summed E-state index contributed by atoms with van der Waals surface area (Å²) in [4.78, 5) is 29.2. The van der Waals surface area contributed by atoms with E-state index >= 15 is 0 Å². The molecule has 2 saturated heterocycles. The molecule has 3 fully saturated rings. The molecule has 7 nitrogen and oxygen atoms in total. The van der Waals surface area contributed by atoms with Gasteiger partial charge in [0.05, 0.1) is 17.8 Å². The van der Waals surface area contributed by atoms with Crippen LogP contribution in [-0.2, 0) is 16.6 Å². The summed E-state index contributed by atoms with van der Waals surface area (Å²) in [6.45, 7) is 2.86. The summed E-state index contributed by atoms with van der Waals surface area (Å²) in [5.74, 6) is -0.201. The van der Waals surface area contributed by atoms with Crippen molar-refractivity contribution in [2.75, 3.05) is 31.6 Å². The van der Waals surface area contributed by atoms with Gasteiger partial charge in [-0.05, 0) is 64.1 Å². The molecular formula is C20H31N5O2. The number of aryl methyl sites for hydroxylation is 1. The Bertz CT molecular complexity index is 697. The number of likely N-dealkylation sites (tertiary alicyclic amines) is 1. The first-order chi connectivity index (χ1) is 12.9. The predicted octanol–water partition coefficient (Wildman–Crippen LogP) is 1.54. The van der Waals surface area contributed by atoms with Crippen LogP contribution in [-0.4, -0.2) is 59.2 Å². The van der Waals surface area contributed by atoms with Crippen molar-refractivity contribution in [3.05, 3.63) is 12.4 Å². The van der Waals surface area contributed by atoms with Crippen LogP contribution >= 0.6 is 0 Å². The molecule has 1 aromatic heterocycles. The van der Waals surface area contributed by atoms with Crippen molar-refractivity contribution < 1.29 is 9.59 Å². The zero-order valence-corrected chi connectivity index (χ0v) is 16.5. The van der Waals surface area contributed by atoms with Gasteiger partial charge >= 0.3 is 0 Å². The quantitative estimate of drug-likeness (QED) is 0.873. The molecule has 2 amide bonds. The molecule has 1 unspecified atom stereocenters. The summed E-state index contributed by atoms with van der Waals surface area (Å²) in [7, 11) is 4.03. The predicted molar refractivity (Wildman–Crippen MR) is 103 cm³/mol. The molecule has 0 radical (unpaired) electrons. The molecular weight excluding hydrogens is 342 g/mol. The zero-order valence-electron chi connectivity index (χ0n) is 16.5. The monoisotopic (exact) mass is 373 g/mol. The van der Waals surface area contributed by atoms with Gasteiger partial charge in [-0.1, -0.05) is 0 Å². The molecule has 1 aliphatic carbocycles. The van der Waals surface area contributed by atoms with E-state index in [1.165, 1.54) is 38.8 Å². The van der Waals surface area contributed by atoms with Crippen LogP contribution in [0.5, 0.6) is 0 Å². The van der Waals surface area contributed by atoms with E-state index in [0.29, 0.717) is 18.4 Å². The Morgan fingerprint density at radius 1 is 1.19 bits per heavy atom. The molecule has 3 aliphatic rings. The highest BCUT2D eigenvalue weighted by Gasteiger charge is 2.40. The van der Waals surface area contributed by atoms with E-state index in [9.17, 15) is 9.59 Å². The lowest BCUT2D eigenvalue weighted by molar-refractivity contribution is -0.127. The summed E-state index contributed by atoms with van der Waals surface area (Å²) in [5.41, 5.74) is 1.29. The van der Waals surface area contributed by atoms with Crippen molar-refractivity contribution >= 4 is 17.5 Å². The van der Waals surface area contributed by atoms with Crippen molar-refractivity contribution in [2.24, 2.45) is 18.4 Å². The fourth-order valence-corrected chi connectivity index (χ4v) is 4.97. The number of nitrogens with zero attached hydrogens (tertiary/aromatic N) is 4. The van der Waals surface area contributed by atoms with E-state index in [2.05, 4.69) is 22.4 Å². The average molecular weight is 374 g/mol. The molecule has 7 heteroatoms. The SMILES string of the molecule is CN1CCC2(CCC(NC(=O)C3CC(=O)N(c4cnn(C)c4)C3)CC2)CC1. The first-order valence-electron chi connectivity index (χ1n) is 10.2. The van der Waals surface area contributed by atoms with Crippen molar-refractivity contribution in [1.29, 1.82) is 0 Å². The van der Waals surface area contributed by atoms with Gasteiger partial charge in [-0.25, -0.2) is 0 Å². The number of carbonyl (C=O) groups excluding carboxylic acids is 2. The van der Waals surface area contributed by atoms with Crippen LogP contribution in [0.2, 0.25) is 0 Å². The molecule has 0 bridgehead atoms. The normalized spacial score (nSPS) is 26.7. The summed E-state index contributed by atoms with van der Waals surface area (Å²) in [6, 6.07) is 0.269. The fourth-order valence-electron chi connectivity index (χ4n) is 4.97. The number of piperidine rings is 1. The second-order valence-corrected chi connectivity index (χ2v) is 8.86. The first kappa shape index (κ1) is 18.5. The van der Waals surface area contributed by atoms with Crippen LogP contribution in [0.1, 0.15) is 44.9 Å². The Morgan fingerprint density at radius 2 is 1.89 bits per heavy atom. The van der Waals surface area contributed by atoms with Gasteiger partial charge in [0.2, 0.25) is 11.8 Å². The van der Waals surface area contributed by atoms with Gasteiger partial charge in [-0.3, -0.25) is 14.3 Å². The van der Waals surface area contributed by atoms with Gasteiger partial charge in [0.15, 0.2) is 0 Å². The maximum absolute atomic E-state index is 12.7. The average Bonchev–Trinajstić information content (AvgIpc) is 3.25. The lowest BCUT2D eigenvalue weighted by Crippen LogP contribution is -2.46. The lowest BCUT2D eigenvalue weighted by Gasteiger charge is -2.45. The molecule has 4 rings (SSSR count). The van der Waals surface area contributed by atoms with Crippen molar-refractivity contribution in [1.82, 2.24) is 20.0 Å². The van der Waals surface area contributed by atoms with Crippen LogP contribution in [0.4, 0.5) is 5.69 Å². The van der Waals surface area contributed by atoms with Gasteiger partial charge in [0.25, 0.3) is 0 Å². The highest BCUT2D eigenvalue weighted by Crippen LogP contribution is 2.44. The molecule has 2 aliphatic heterocycles. The summed E-state index contributed by atoms with van der Waals surface area (Å²) in [6.07, 6.45) is 11.0. The van der Waals surface area contributed by atoms with E-state index in [1.807, 2.05) is 13.2 Å². The molecule has 27 heavy (non-hydrogen) atoms. The highest BCUT2D eigenvalue weighted by atomic mass is 16.2. The number of anilines is 1. The maximum Gasteiger partial charge on any atom is 0.227 e. The van der Waals surface area contributed by atoms with Gasteiger partial charge in [0.1, 0.15) is 0 Å². The van der Waals surface area contributed by atoms with E-state index in [1.54, 1.807) is 15.8 Å². The van der Waals surface area contributed by atoms with Crippen molar-refractivity contribution in [3.63, 3.8) is 0 Å². The minimum Gasteiger partial charge on any atom is -0.353 e. The number of carbonyl (C=O) groups is 2. The number of amides is 2. The third-order valence-electron chi connectivity index (χ3n) is 6.94. The summed E-state index contributed by atoms with van der Waals surface area (Å²) < 4.78 is 1.68. The minimum absolute atomic E-state index is 0.0112. The number of hydrogen-bond acceptors (Lipinski definition) is 4. The Labute approximate surface area is 161 Å². The van der Waals surface area contributed by atoms with Gasteiger partial charge < -0.3 is 15.1 Å². The minimum atomic E-state index is -0.253. The molecule has 0 aromatic carbocycles. The van der Waals surface area contributed by atoms with Crippen LogP contribution in [0.15, 0.2) is 12.4 Å². The van der Waals surface area contributed by atoms with Gasteiger partial charge in [-0.15, -0.1) is 0 Å². The number of nitrogens with one attached hydrogen (secondary N) is 1. The van der Waals surface area contributed by atoms with E-state index in [4.69, 9.17) is 0 Å². The Kier molecular flexibility index (Phi) is 4.97. The van der Waals surface area contributed by atoms with E-state index < -0.39 is 0 Å². The van der Waals surface area contributed by atoms with Gasteiger partial charge in [-0.2, -0.15) is 5.10 Å². The van der Waals surface area contributed by atoms with E-state index in [-0.39, 0.29) is 23.8 Å². The molecule has 1 saturated carbocycles. The largest absolute Gasteiger partial charge is 0.353 e. The van der Waals surface area contributed by atoms with E-state index in [0.717, 1.165) is 18.5 Å². The summed E-state index contributed by atoms with van der Waals surface area (Å²) in [5, 5.41) is 7.36. The topological polar surface area (TPSA) is 70.5 Å². The van der Waals surface area contributed by atoms with Crippen LogP contribution in [0.3, 0.4) is 0 Å². The molecule has 148 valence electrons. The van der Waals surface area contributed by atoms with Crippen LogP contribution < -0.4 is 10.2 Å². The standard InChI is InChI=1S/C20H31N5O2/c1-23-9-7-20(8-10-23)5-3-16(4-6-20)22-19(27)15-11-18(26)25(13-15)17-12-21-24(2)14-17/h12,14-16H,3-11,13H2,1-2H3,(H,22,27). The zero-order chi connectivity index (χ0) is 19.0. The third kappa shape index (κ3) is 3.88. The van der Waals surface area contributed by atoms with Crippen LogP contribution in [0.25, 0.3) is 0 Å². The second-order valence-electron chi connectivity index (χ2n) is 8.86. The number of rotatable bonds is 3. The summed E-state index contributed by atoms with van der Waals surface area (Å²) >= 11 is 0. The second kappa shape index (κ2) is 7.26. The molecule has 1 spiro atoms. The first-order valence-corrected chi connectivity index (χ1v) is 10.2. The molecule has 1 N–H and O–H groups in total. The Hall–Kier alpha value is -1.89. The molecule has 1 atom stereocenters. The van der Waals surface area contributed by atoms with Crippen LogP contribution in [0, 0.1) is 11.3 Å². The van der Waals surface area contributed by atoms with Gasteiger partial charge in [0, 0.05) is 32.3 Å². The third-order valence-corrected chi connectivity index (χ3v) is 6.94. The number of hydrogen-bond donors (Lipinski definition) is 1. The Balaban J connectivity index is 1.28.